The van der Waals surface area contributed by atoms with Gasteiger partial charge in [-0.15, -0.1) is 0 Å². The second-order valence-corrected chi connectivity index (χ2v) is 4.31. The van der Waals surface area contributed by atoms with Gasteiger partial charge >= 0.3 is 0 Å². The first-order valence-electron chi connectivity index (χ1n) is 5.10. The average molecular weight is 200 g/mol. The second-order valence-electron chi connectivity index (χ2n) is 4.31. The molecule has 1 N–H and O–H groups in total. The molecule has 0 saturated carbocycles. The number of likely N-dealkylation sites (N-methyl/N-ethyl adjacent to an activating group) is 1. The zero-order chi connectivity index (χ0) is 10.6. The molecule has 0 aliphatic carbocycles. The Labute approximate surface area is 85.6 Å². The number of hydrogen-bond donors (Lipinski definition) is 1. The van der Waals surface area contributed by atoms with Crippen LogP contribution in [0.1, 0.15) is 13.8 Å². The third kappa shape index (κ3) is 2.96. The van der Waals surface area contributed by atoms with Gasteiger partial charge < -0.3 is 15.0 Å². The minimum atomic E-state index is 0.149. The molecule has 1 rings (SSSR count). The Morgan fingerprint density at radius 2 is 2.21 bits per heavy atom. The molecule has 0 bridgehead atoms. The van der Waals surface area contributed by atoms with Crippen LogP contribution in [-0.2, 0) is 9.53 Å². The van der Waals surface area contributed by atoms with Gasteiger partial charge in [-0.1, -0.05) is 6.92 Å². The number of nitrogens with one attached hydrogen (secondary N) is 1. The maximum absolute atomic E-state index is 11.4. The van der Waals surface area contributed by atoms with E-state index in [1.165, 1.54) is 0 Å². The van der Waals surface area contributed by atoms with Crippen molar-refractivity contribution in [1.82, 2.24) is 10.2 Å². The van der Waals surface area contributed by atoms with Crippen LogP contribution in [0.2, 0.25) is 0 Å². The van der Waals surface area contributed by atoms with E-state index in [0.29, 0.717) is 6.54 Å². The lowest BCUT2D eigenvalue weighted by molar-refractivity contribution is -0.129. The summed E-state index contributed by atoms with van der Waals surface area (Å²) in [6.07, 6.45) is 0. The Morgan fingerprint density at radius 1 is 1.57 bits per heavy atom. The first-order valence-corrected chi connectivity index (χ1v) is 5.10. The molecule has 4 heteroatoms. The number of carbonyl (C=O) groups excluding carboxylic acids is 1. The molecule has 1 aliphatic heterocycles. The lowest BCUT2D eigenvalue weighted by Gasteiger charge is -2.38. The maximum atomic E-state index is 11.4. The van der Waals surface area contributed by atoms with Gasteiger partial charge in [-0.25, -0.2) is 0 Å². The maximum Gasteiger partial charge on any atom is 0.236 e. The van der Waals surface area contributed by atoms with Crippen LogP contribution in [0.15, 0.2) is 0 Å². The first kappa shape index (κ1) is 11.5. The van der Waals surface area contributed by atoms with Crippen molar-refractivity contribution in [2.45, 2.75) is 13.8 Å². The first-order chi connectivity index (χ1) is 6.57. The van der Waals surface area contributed by atoms with Crippen molar-refractivity contribution < 1.29 is 9.53 Å². The van der Waals surface area contributed by atoms with Crippen molar-refractivity contribution in [2.75, 3.05) is 39.9 Å². The van der Waals surface area contributed by atoms with E-state index >= 15 is 0 Å². The van der Waals surface area contributed by atoms with Crippen LogP contribution in [-0.4, -0.2) is 50.7 Å². The molecule has 0 spiro atoms. The highest BCUT2D eigenvalue weighted by Crippen LogP contribution is 2.24. The number of carbonyl (C=O) groups is 1. The Kier molecular flexibility index (Phi) is 3.89. The molecule has 1 amide bonds. The van der Waals surface area contributed by atoms with Crippen molar-refractivity contribution in [3.8, 4) is 0 Å². The smallest absolute Gasteiger partial charge is 0.236 e. The van der Waals surface area contributed by atoms with E-state index < -0.39 is 0 Å². The SMILES string of the molecule is CCN(C)C(=O)CNCC1(C)COC1. The highest BCUT2D eigenvalue weighted by atomic mass is 16.5. The van der Waals surface area contributed by atoms with Crippen LogP contribution in [0.3, 0.4) is 0 Å². The number of hydrogen-bond acceptors (Lipinski definition) is 3. The molecule has 0 aromatic carbocycles. The Hall–Kier alpha value is -0.610. The van der Waals surface area contributed by atoms with Gasteiger partial charge in [0.2, 0.25) is 5.91 Å². The molecule has 14 heavy (non-hydrogen) atoms. The molecule has 1 heterocycles. The fourth-order valence-corrected chi connectivity index (χ4v) is 1.34. The van der Waals surface area contributed by atoms with Crippen LogP contribution in [0, 0.1) is 5.41 Å². The summed E-state index contributed by atoms with van der Waals surface area (Å²) in [6.45, 7) is 7.79. The highest BCUT2D eigenvalue weighted by Gasteiger charge is 2.32. The molecule has 1 fully saturated rings. The molecule has 0 aromatic rings. The second kappa shape index (κ2) is 4.75. The zero-order valence-electron chi connectivity index (χ0n) is 9.30. The van der Waals surface area contributed by atoms with Gasteiger partial charge in [0.15, 0.2) is 0 Å². The van der Waals surface area contributed by atoms with Gasteiger partial charge in [0, 0.05) is 25.6 Å². The molecular formula is C10H20N2O2. The third-order valence-electron chi connectivity index (χ3n) is 2.63. The van der Waals surface area contributed by atoms with Gasteiger partial charge in [0.1, 0.15) is 0 Å². The largest absolute Gasteiger partial charge is 0.380 e. The number of nitrogens with zero attached hydrogens (tertiary/aromatic N) is 1. The molecule has 82 valence electrons. The van der Waals surface area contributed by atoms with E-state index in [1.807, 2.05) is 14.0 Å². The zero-order valence-corrected chi connectivity index (χ0v) is 9.30. The fourth-order valence-electron chi connectivity index (χ4n) is 1.34. The van der Waals surface area contributed by atoms with Crippen molar-refractivity contribution >= 4 is 5.91 Å². The molecule has 0 radical (unpaired) electrons. The number of amides is 1. The molecule has 4 nitrogen and oxygen atoms in total. The van der Waals surface area contributed by atoms with Crippen LogP contribution in [0.25, 0.3) is 0 Å². The van der Waals surface area contributed by atoms with Gasteiger partial charge in [-0.3, -0.25) is 4.79 Å². The molecule has 0 unspecified atom stereocenters. The van der Waals surface area contributed by atoms with Crippen LogP contribution >= 0.6 is 0 Å². The monoisotopic (exact) mass is 200 g/mol. The lowest BCUT2D eigenvalue weighted by atomic mass is 9.89. The summed E-state index contributed by atoms with van der Waals surface area (Å²) in [5.74, 6) is 0.149. The van der Waals surface area contributed by atoms with E-state index in [1.54, 1.807) is 4.90 Å². The Bertz CT molecular complexity index is 202. The molecule has 1 saturated heterocycles. The number of rotatable bonds is 5. The Morgan fingerprint density at radius 3 is 2.64 bits per heavy atom. The van der Waals surface area contributed by atoms with Crippen LogP contribution in [0.5, 0.6) is 0 Å². The fraction of sp³-hybridized carbons (Fsp3) is 0.900. The van der Waals surface area contributed by atoms with Crippen LogP contribution < -0.4 is 5.32 Å². The van der Waals surface area contributed by atoms with Crippen molar-refractivity contribution in [3.05, 3.63) is 0 Å². The van der Waals surface area contributed by atoms with Crippen molar-refractivity contribution in [2.24, 2.45) is 5.41 Å². The van der Waals surface area contributed by atoms with Crippen molar-refractivity contribution in [1.29, 1.82) is 0 Å². The van der Waals surface area contributed by atoms with E-state index in [4.69, 9.17) is 4.74 Å². The average Bonchev–Trinajstić information content (AvgIpc) is 2.13. The summed E-state index contributed by atoms with van der Waals surface area (Å²) < 4.78 is 5.13. The summed E-state index contributed by atoms with van der Waals surface area (Å²) in [7, 11) is 1.82. The summed E-state index contributed by atoms with van der Waals surface area (Å²) in [4.78, 5) is 13.1. The van der Waals surface area contributed by atoms with Gasteiger partial charge in [-0.05, 0) is 6.92 Å². The highest BCUT2D eigenvalue weighted by molar-refractivity contribution is 5.77. The normalized spacial score (nSPS) is 18.8. The summed E-state index contributed by atoms with van der Waals surface area (Å²) in [6, 6.07) is 0. The van der Waals surface area contributed by atoms with E-state index in [0.717, 1.165) is 26.3 Å². The third-order valence-corrected chi connectivity index (χ3v) is 2.63. The lowest BCUT2D eigenvalue weighted by Crippen LogP contribution is -2.49. The van der Waals surface area contributed by atoms with E-state index in [9.17, 15) is 4.79 Å². The molecule has 0 atom stereocenters. The van der Waals surface area contributed by atoms with Gasteiger partial charge in [0.25, 0.3) is 0 Å². The standard InChI is InChI=1S/C10H20N2O2/c1-4-12(3)9(13)5-11-6-10(2)7-14-8-10/h11H,4-8H2,1-3H3. The predicted octanol–water partition coefficient (Wildman–Crippen LogP) is 0.0908. The molecular weight excluding hydrogens is 180 g/mol. The number of ether oxygens (including phenoxy) is 1. The summed E-state index contributed by atoms with van der Waals surface area (Å²) in [5.41, 5.74) is 0.241. The van der Waals surface area contributed by atoms with Crippen LogP contribution in [0.4, 0.5) is 0 Å². The molecule has 1 aliphatic rings. The quantitative estimate of drug-likeness (QED) is 0.684. The van der Waals surface area contributed by atoms with Gasteiger partial charge in [-0.2, -0.15) is 0 Å². The minimum Gasteiger partial charge on any atom is -0.380 e. The minimum absolute atomic E-state index is 0.149. The van der Waals surface area contributed by atoms with E-state index in [-0.39, 0.29) is 11.3 Å². The van der Waals surface area contributed by atoms with E-state index in [2.05, 4.69) is 12.2 Å². The summed E-state index contributed by atoms with van der Waals surface area (Å²) >= 11 is 0. The summed E-state index contributed by atoms with van der Waals surface area (Å²) in [5, 5.41) is 3.17. The van der Waals surface area contributed by atoms with Gasteiger partial charge in [0.05, 0.1) is 19.8 Å². The topological polar surface area (TPSA) is 41.6 Å². The predicted molar refractivity (Wildman–Crippen MR) is 55.1 cm³/mol. The van der Waals surface area contributed by atoms with Crippen molar-refractivity contribution in [3.63, 3.8) is 0 Å². The molecule has 0 aromatic heterocycles. The Balaban J connectivity index is 2.11.